The summed E-state index contributed by atoms with van der Waals surface area (Å²) in [7, 11) is -0.119. The molecule has 32 heavy (non-hydrogen) atoms. The van der Waals surface area contributed by atoms with E-state index in [1.165, 1.54) is 12.2 Å². The highest BCUT2D eigenvalue weighted by atomic mass is 32.2. The lowest BCUT2D eigenvalue weighted by Crippen LogP contribution is -2.48. The topological polar surface area (TPSA) is 61.9 Å². The molecule has 1 saturated heterocycles. The number of halogens is 1. The van der Waals surface area contributed by atoms with Crippen molar-refractivity contribution in [3.8, 4) is 5.75 Å². The zero-order valence-corrected chi connectivity index (χ0v) is 18.7. The number of amides is 1. The van der Waals surface area contributed by atoms with Gasteiger partial charge in [-0.05, 0) is 36.4 Å². The van der Waals surface area contributed by atoms with Crippen LogP contribution in [0.25, 0.3) is 0 Å². The van der Waals surface area contributed by atoms with Crippen LogP contribution >= 0.6 is 0 Å². The maximum Gasteiger partial charge on any atom is 0.254 e. The summed E-state index contributed by atoms with van der Waals surface area (Å²) < 4.78 is 34.1. The lowest BCUT2D eigenvalue weighted by atomic mass is 10.1. The number of benzene rings is 2. The van der Waals surface area contributed by atoms with Gasteiger partial charge in [0.05, 0.1) is 23.4 Å². The van der Waals surface area contributed by atoms with Gasteiger partial charge in [-0.15, -0.1) is 0 Å². The molecule has 1 aliphatic rings. The molecule has 1 unspecified atom stereocenters. The van der Waals surface area contributed by atoms with Crippen molar-refractivity contribution >= 4 is 22.6 Å². The quantitative estimate of drug-likeness (QED) is 0.615. The Labute approximate surface area is 190 Å². The van der Waals surface area contributed by atoms with E-state index in [1.54, 1.807) is 36.3 Å². The van der Waals surface area contributed by atoms with Crippen LogP contribution in [0.5, 0.6) is 5.75 Å². The number of ether oxygens (including phenoxy) is 1. The average molecular weight is 456 g/mol. The fourth-order valence-corrected chi connectivity index (χ4v) is 4.36. The molecule has 2 aromatic rings. The van der Waals surface area contributed by atoms with Gasteiger partial charge in [0.15, 0.2) is 0 Å². The molecule has 0 saturated carbocycles. The minimum atomic E-state index is -1.76. The first-order valence-electron chi connectivity index (χ1n) is 10.1. The molecule has 0 aliphatic carbocycles. The summed E-state index contributed by atoms with van der Waals surface area (Å²) in [6.45, 7) is 9.17. The Morgan fingerprint density at radius 1 is 1.16 bits per heavy atom. The number of hydrogen-bond donors (Lipinski definition) is 1. The lowest BCUT2D eigenvalue weighted by molar-refractivity contribution is 0.0746. The molecule has 0 bridgehead atoms. The summed E-state index contributed by atoms with van der Waals surface area (Å²) in [4.78, 5) is 17.4. The molecular formula is C24H26FN3O3S. The standard InChI is InChI=1S/C24H26FN3O3S/c1-4-8-21(18(2)25)26-32(30)20-10-7-9-19(17-20)24(29)28-15-13-27(14-16-28)22-11-5-6-12-23(22)31-3/h4-12,17,26H,1-2,13-16H2,3H3/b21-8+. The molecule has 1 atom stereocenters. The van der Waals surface area contributed by atoms with Crippen molar-refractivity contribution in [1.29, 1.82) is 0 Å². The van der Waals surface area contributed by atoms with Crippen LogP contribution in [-0.2, 0) is 11.0 Å². The SMILES string of the molecule is C=C/C=C(/NS(=O)c1cccc(C(=O)N2CCN(c3ccccc3OC)CC2)c1)C(=C)F. The third kappa shape index (κ3) is 5.45. The number of nitrogens with one attached hydrogen (secondary N) is 1. The maximum absolute atomic E-state index is 13.5. The highest BCUT2D eigenvalue weighted by Crippen LogP contribution is 2.28. The van der Waals surface area contributed by atoms with Crippen molar-refractivity contribution in [3.05, 3.63) is 90.9 Å². The van der Waals surface area contributed by atoms with Crippen LogP contribution < -0.4 is 14.4 Å². The summed E-state index contributed by atoms with van der Waals surface area (Å²) in [5, 5.41) is 0. The first-order valence-corrected chi connectivity index (χ1v) is 11.2. The third-order valence-corrected chi connectivity index (χ3v) is 6.15. The number of anilines is 1. The maximum atomic E-state index is 13.5. The number of para-hydroxylation sites is 2. The van der Waals surface area contributed by atoms with Crippen LogP contribution in [0.4, 0.5) is 10.1 Å². The van der Waals surface area contributed by atoms with Crippen LogP contribution in [0.15, 0.2) is 90.3 Å². The third-order valence-electron chi connectivity index (χ3n) is 5.07. The fourth-order valence-electron chi connectivity index (χ4n) is 3.42. The van der Waals surface area contributed by atoms with Crippen LogP contribution in [0.3, 0.4) is 0 Å². The van der Waals surface area contributed by atoms with E-state index in [0.29, 0.717) is 36.6 Å². The molecule has 1 N–H and O–H groups in total. The highest BCUT2D eigenvalue weighted by Gasteiger charge is 2.24. The Balaban J connectivity index is 1.67. The molecule has 1 heterocycles. The van der Waals surface area contributed by atoms with E-state index in [1.807, 2.05) is 24.3 Å². The number of hydrogen-bond acceptors (Lipinski definition) is 4. The summed E-state index contributed by atoms with van der Waals surface area (Å²) in [5.74, 6) is -0.0884. The molecule has 6 nitrogen and oxygen atoms in total. The highest BCUT2D eigenvalue weighted by molar-refractivity contribution is 7.83. The Bertz CT molecular complexity index is 1060. The van der Waals surface area contributed by atoms with Crippen molar-refractivity contribution in [2.45, 2.75) is 4.90 Å². The molecule has 168 valence electrons. The number of carbonyl (C=O) groups is 1. The normalized spacial score (nSPS) is 15.1. The molecule has 0 aromatic heterocycles. The number of rotatable bonds is 8. The van der Waals surface area contributed by atoms with E-state index in [2.05, 4.69) is 22.8 Å². The summed E-state index contributed by atoms with van der Waals surface area (Å²) in [6, 6.07) is 14.3. The predicted octanol–water partition coefficient (Wildman–Crippen LogP) is 3.82. The summed E-state index contributed by atoms with van der Waals surface area (Å²) in [5.41, 5.74) is 1.41. The Morgan fingerprint density at radius 3 is 2.53 bits per heavy atom. The van der Waals surface area contributed by atoms with E-state index in [-0.39, 0.29) is 11.6 Å². The predicted molar refractivity (Wildman–Crippen MR) is 126 cm³/mol. The Hall–Kier alpha value is -3.39. The van der Waals surface area contributed by atoms with Gasteiger partial charge in [-0.3, -0.25) is 9.52 Å². The Morgan fingerprint density at radius 2 is 1.88 bits per heavy atom. The number of allylic oxidation sites excluding steroid dienone is 3. The summed E-state index contributed by atoms with van der Waals surface area (Å²) >= 11 is 0. The molecule has 0 radical (unpaired) electrons. The van der Waals surface area contributed by atoms with Crippen LogP contribution in [0.2, 0.25) is 0 Å². The summed E-state index contributed by atoms with van der Waals surface area (Å²) in [6.07, 6.45) is 2.71. The molecule has 3 rings (SSSR count). The van der Waals surface area contributed by atoms with E-state index < -0.39 is 16.8 Å². The van der Waals surface area contributed by atoms with Gasteiger partial charge in [-0.1, -0.05) is 37.4 Å². The van der Waals surface area contributed by atoms with Gasteiger partial charge in [-0.2, -0.15) is 0 Å². The largest absolute Gasteiger partial charge is 0.495 e. The average Bonchev–Trinajstić information content (AvgIpc) is 2.83. The van der Waals surface area contributed by atoms with E-state index in [0.717, 1.165) is 11.4 Å². The number of piperazine rings is 1. The molecular weight excluding hydrogens is 429 g/mol. The number of methoxy groups -OCH3 is 1. The van der Waals surface area contributed by atoms with Crippen molar-refractivity contribution in [1.82, 2.24) is 9.62 Å². The first kappa shape index (κ1) is 23.3. The van der Waals surface area contributed by atoms with Gasteiger partial charge < -0.3 is 14.5 Å². The van der Waals surface area contributed by atoms with Crippen LogP contribution in [-0.4, -0.2) is 48.3 Å². The van der Waals surface area contributed by atoms with Crippen molar-refractivity contribution < 1.29 is 18.1 Å². The monoisotopic (exact) mass is 455 g/mol. The molecule has 8 heteroatoms. The van der Waals surface area contributed by atoms with E-state index in [9.17, 15) is 13.4 Å². The second kappa shape index (κ2) is 10.8. The first-order chi connectivity index (χ1) is 15.4. The van der Waals surface area contributed by atoms with E-state index in [4.69, 9.17) is 4.74 Å². The zero-order chi connectivity index (χ0) is 23.1. The number of nitrogens with zero attached hydrogens (tertiary/aromatic N) is 2. The van der Waals surface area contributed by atoms with Crippen LogP contribution in [0.1, 0.15) is 10.4 Å². The van der Waals surface area contributed by atoms with Gasteiger partial charge in [0.1, 0.15) is 22.6 Å². The lowest BCUT2D eigenvalue weighted by Gasteiger charge is -2.36. The molecule has 1 amide bonds. The van der Waals surface area contributed by atoms with Crippen molar-refractivity contribution in [2.75, 3.05) is 38.2 Å². The minimum Gasteiger partial charge on any atom is -0.495 e. The van der Waals surface area contributed by atoms with Crippen molar-refractivity contribution in [2.24, 2.45) is 0 Å². The Kier molecular flexibility index (Phi) is 7.83. The van der Waals surface area contributed by atoms with Crippen LogP contribution in [0, 0.1) is 0 Å². The smallest absolute Gasteiger partial charge is 0.254 e. The van der Waals surface area contributed by atoms with Gasteiger partial charge in [0.2, 0.25) is 0 Å². The molecule has 1 aliphatic heterocycles. The van der Waals surface area contributed by atoms with E-state index >= 15 is 0 Å². The van der Waals surface area contributed by atoms with Gasteiger partial charge in [0.25, 0.3) is 5.91 Å². The molecule has 0 spiro atoms. The van der Waals surface area contributed by atoms with Gasteiger partial charge >= 0.3 is 0 Å². The minimum absolute atomic E-state index is 0.0254. The van der Waals surface area contributed by atoms with Crippen molar-refractivity contribution in [3.63, 3.8) is 0 Å². The van der Waals surface area contributed by atoms with Gasteiger partial charge in [-0.25, -0.2) is 8.60 Å². The van der Waals surface area contributed by atoms with Gasteiger partial charge in [0, 0.05) is 31.7 Å². The zero-order valence-electron chi connectivity index (χ0n) is 17.9. The molecule has 2 aromatic carbocycles. The fraction of sp³-hybridized carbons (Fsp3) is 0.208. The number of carbonyl (C=O) groups excluding carboxylic acids is 1. The molecule has 1 fully saturated rings. The second-order valence-corrected chi connectivity index (χ2v) is 8.28. The second-order valence-electron chi connectivity index (χ2n) is 7.07.